The van der Waals surface area contributed by atoms with Gasteiger partial charge in [0, 0.05) is 0 Å². The highest BCUT2D eigenvalue weighted by atomic mass is 32.2. The van der Waals surface area contributed by atoms with Crippen LogP contribution >= 0.6 is 0 Å². The van der Waals surface area contributed by atoms with E-state index >= 15 is 0 Å². The normalized spacial score (nSPS) is 11.4. The van der Waals surface area contributed by atoms with Crippen molar-refractivity contribution in [2.75, 3.05) is 14.2 Å². The first-order chi connectivity index (χ1) is 6.53. The molecule has 0 aromatic heterocycles. The summed E-state index contributed by atoms with van der Waals surface area (Å²) >= 11 is 0. The smallest absolute Gasteiger partial charge is 0.244 e. The maximum Gasteiger partial charge on any atom is 0.244 e. The van der Waals surface area contributed by atoms with Crippen molar-refractivity contribution in [2.24, 2.45) is 0 Å². The van der Waals surface area contributed by atoms with Gasteiger partial charge in [0.1, 0.15) is 10.6 Å². The zero-order valence-corrected chi connectivity index (χ0v) is 9.18. The lowest BCUT2D eigenvalue weighted by Gasteiger charge is -2.10. The van der Waals surface area contributed by atoms with Gasteiger partial charge in [-0.25, -0.2) is 13.1 Å². The Labute approximate surface area is 84.0 Å². The summed E-state index contributed by atoms with van der Waals surface area (Å²) < 4.78 is 30.4. The third-order valence-corrected chi connectivity index (χ3v) is 3.38. The molecule has 1 aromatic carbocycles. The summed E-state index contributed by atoms with van der Waals surface area (Å²) in [7, 11) is -0.611. The second-order valence-electron chi connectivity index (χ2n) is 2.81. The number of rotatable bonds is 3. The Bertz CT molecular complexity index is 426. The molecule has 78 valence electrons. The van der Waals surface area contributed by atoms with E-state index in [4.69, 9.17) is 4.74 Å². The van der Waals surface area contributed by atoms with Crippen molar-refractivity contribution in [3.05, 3.63) is 23.8 Å². The van der Waals surface area contributed by atoms with E-state index in [1.54, 1.807) is 19.1 Å². The van der Waals surface area contributed by atoms with Crippen molar-refractivity contribution in [3.8, 4) is 5.75 Å². The number of ether oxygens (including phenoxy) is 1. The van der Waals surface area contributed by atoms with E-state index in [0.29, 0.717) is 5.75 Å². The van der Waals surface area contributed by atoms with E-state index in [9.17, 15) is 8.42 Å². The molecule has 4 nitrogen and oxygen atoms in total. The van der Waals surface area contributed by atoms with Crippen LogP contribution in [0.3, 0.4) is 0 Å². The predicted octanol–water partition coefficient (Wildman–Crippen LogP) is 0.912. The van der Waals surface area contributed by atoms with Crippen LogP contribution in [0.15, 0.2) is 23.1 Å². The minimum Gasteiger partial charge on any atom is -0.495 e. The highest BCUT2D eigenvalue weighted by Gasteiger charge is 2.18. The molecular formula is C9H13NO3S. The maximum absolute atomic E-state index is 11.5. The van der Waals surface area contributed by atoms with E-state index in [1.807, 2.05) is 0 Å². The van der Waals surface area contributed by atoms with E-state index in [-0.39, 0.29) is 4.90 Å². The van der Waals surface area contributed by atoms with Crippen molar-refractivity contribution in [3.63, 3.8) is 0 Å². The lowest BCUT2D eigenvalue weighted by molar-refractivity contribution is 0.399. The van der Waals surface area contributed by atoms with Crippen molar-refractivity contribution in [1.82, 2.24) is 4.72 Å². The van der Waals surface area contributed by atoms with E-state index in [0.717, 1.165) is 5.56 Å². The molecule has 0 saturated heterocycles. The Kier molecular flexibility index (Phi) is 3.13. The average molecular weight is 215 g/mol. The molecule has 0 radical (unpaired) electrons. The van der Waals surface area contributed by atoms with Crippen LogP contribution in [0.25, 0.3) is 0 Å². The lowest BCUT2D eigenvalue weighted by atomic mass is 10.2. The molecule has 1 N–H and O–H groups in total. The van der Waals surface area contributed by atoms with Gasteiger partial charge in [0.15, 0.2) is 0 Å². The monoisotopic (exact) mass is 215 g/mol. The molecule has 0 aliphatic heterocycles. The molecule has 0 spiro atoms. The Balaban J connectivity index is 3.42. The van der Waals surface area contributed by atoms with Crippen LogP contribution in [0.5, 0.6) is 5.75 Å². The summed E-state index contributed by atoms with van der Waals surface area (Å²) in [5, 5.41) is 0. The van der Waals surface area contributed by atoms with Gasteiger partial charge in [-0.1, -0.05) is 12.1 Å². The molecule has 1 aromatic rings. The van der Waals surface area contributed by atoms with Gasteiger partial charge < -0.3 is 4.74 Å². The first kappa shape index (κ1) is 11.0. The molecular weight excluding hydrogens is 202 g/mol. The summed E-state index contributed by atoms with van der Waals surface area (Å²) in [6, 6.07) is 4.99. The molecule has 0 unspecified atom stereocenters. The second kappa shape index (κ2) is 3.98. The molecule has 14 heavy (non-hydrogen) atoms. The number of hydrogen-bond donors (Lipinski definition) is 1. The summed E-state index contributed by atoms with van der Waals surface area (Å²) in [6.07, 6.45) is 0. The predicted molar refractivity (Wildman–Crippen MR) is 54.0 cm³/mol. The zero-order chi connectivity index (χ0) is 10.8. The van der Waals surface area contributed by atoms with Gasteiger partial charge in [0.2, 0.25) is 10.0 Å². The van der Waals surface area contributed by atoms with E-state index < -0.39 is 10.0 Å². The molecule has 0 atom stereocenters. The van der Waals surface area contributed by atoms with Gasteiger partial charge in [-0.15, -0.1) is 0 Å². The highest BCUT2D eigenvalue weighted by molar-refractivity contribution is 7.89. The Hall–Kier alpha value is -1.07. The van der Waals surface area contributed by atoms with Crippen molar-refractivity contribution >= 4 is 10.0 Å². The molecule has 0 amide bonds. The Morgan fingerprint density at radius 3 is 2.50 bits per heavy atom. The lowest BCUT2D eigenvalue weighted by Crippen LogP contribution is -2.19. The third-order valence-electron chi connectivity index (χ3n) is 1.94. The molecule has 0 bridgehead atoms. The molecule has 0 aliphatic rings. The number of methoxy groups -OCH3 is 1. The largest absolute Gasteiger partial charge is 0.495 e. The van der Waals surface area contributed by atoms with Gasteiger partial charge >= 0.3 is 0 Å². The van der Waals surface area contributed by atoms with Crippen LogP contribution in [-0.4, -0.2) is 22.6 Å². The number of hydrogen-bond acceptors (Lipinski definition) is 3. The fraction of sp³-hybridized carbons (Fsp3) is 0.333. The number of aryl methyl sites for hydroxylation is 1. The standard InChI is InChI=1S/C9H13NO3S/c1-7-5-4-6-8(9(7)13-3)14(11,12)10-2/h4-6,10H,1-3H3. The molecule has 0 heterocycles. The minimum absolute atomic E-state index is 0.169. The second-order valence-corrected chi connectivity index (χ2v) is 4.67. The van der Waals surface area contributed by atoms with Crippen molar-refractivity contribution < 1.29 is 13.2 Å². The number of sulfonamides is 1. The number of nitrogens with one attached hydrogen (secondary N) is 1. The van der Waals surface area contributed by atoms with Gasteiger partial charge in [0.25, 0.3) is 0 Å². The maximum atomic E-state index is 11.5. The van der Waals surface area contributed by atoms with Crippen LogP contribution < -0.4 is 9.46 Å². The van der Waals surface area contributed by atoms with Crippen molar-refractivity contribution in [1.29, 1.82) is 0 Å². The third kappa shape index (κ3) is 1.88. The quantitative estimate of drug-likeness (QED) is 0.815. The SMILES string of the molecule is CNS(=O)(=O)c1cccc(C)c1OC. The number of para-hydroxylation sites is 1. The van der Waals surface area contributed by atoms with Gasteiger partial charge in [-0.2, -0.15) is 0 Å². The molecule has 0 fully saturated rings. The first-order valence-electron chi connectivity index (χ1n) is 4.10. The molecule has 0 aliphatic carbocycles. The molecule has 1 rings (SSSR count). The fourth-order valence-electron chi connectivity index (χ4n) is 1.21. The Morgan fingerprint density at radius 2 is 2.00 bits per heavy atom. The first-order valence-corrected chi connectivity index (χ1v) is 5.58. The minimum atomic E-state index is -3.44. The van der Waals surface area contributed by atoms with Crippen LogP contribution in [0, 0.1) is 6.92 Å². The van der Waals surface area contributed by atoms with Crippen LogP contribution in [0.4, 0.5) is 0 Å². The van der Waals surface area contributed by atoms with Gasteiger partial charge in [-0.05, 0) is 25.6 Å². The Morgan fingerprint density at radius 1 is 1.36 bits per heavy atom. The number of benzene rings is 1. The average Bonchev–Trinajstić information content (AvgIpc) is 2.17. The van der Waals surface area contributed by atoms with Crippen LogP contribution in [-0.2, 0) is 10.0 Å². The fourth-order valence-corrected chi connectivity index (χ4v) is 2.17. The zero-order valence-electron chi connectivity index (χ0n) is 8.37. The summed E-state index contributed by atoms with van der Waals surface area (Å²) in [5.41, 5.74) is 0.795. The van der Waals surface area contributed by atoms with E-state index in [2.05, 4.69) is 4.72 Å². The van der Waals surface area contributed by atoms with E-state index in [1.165, 1.54) is 20.2 Å². The summed E-state index contributed by atoms with van der Waals surface area (Å²) in [5.74, 6) is 0.391. The van der Waals surface area contributed by atoms with Crippen LogP contribution in [0.1, 0.15) is 5.56 Å². The highest BCUT2D eigenvalue weighted by Crippen LogP contribution is 2.26. The summed E-state index contributed by atoms with van der Waals surface area (Å²) in [4.78, 5) is 0.169. The molecule has 0 saturated carbocycles. The van der Waals surface area contributed by atoms with Crippen molar-refractivity contribution in [2.45, 2.75) is 11.8 Å². The van der Waals surface area contributed by atoms with Gasteiger partial charge in [0.05, 0.1) is 7.11 Å². The topological polar surface area (TPSA) is 55.4 Å². The summed E-state index contributed by atoms with van der Waals surface area (Å²) in [6.45, 7) is 1.80. The molecule has 5 heteroatoms. The van der Waals surface area contributed by atoms with Crippen LogP contribution in [0.2, 0.25) is 0 Å². The van der Waals surface area contributed by atoms with Gasteiger partial charge in [-0.3, -0.25) is 0 Å².